The predicted octanol–water partition coefficient (Wildman–Crippen LogP) is 2.54. The largest absolute Gasteiger partial charge is 0.377 e. The maximum Gasteiger partial charge on any atom is 0.0890 e. The number of nitrogens with one attached hydrogen (secondary N) is 1. The first kappa shape index (κ1) is 12.6. The van der Waals surface area contributed by atoms with Crippen molar-refractivity contribution < 1.29 is 0 Å². The van der Waals surface area contributed by atoms with E-state index in [0.29, 0.717) is 6.54 Å². The monoisotopic (exact) mass is 267 g/mol. The number of hydrogen-bond donors (Lipinski definition) is 1. The Morgan fingerprint density at radius 2 is 2.00 bits per heavy atom. The van der Waals surface area contributed by atoms with Crippen LogP contribution in [0.25, 0.3) is 11.0 Å². The number of anilines is 1. The quantitative estimate of drug-likeness (QED) is 0.789. The van der Waals surface area contributed by atoms with Gasteiger partial charge in [-0.3, -0.25) is 9.67 Å². The molecule has 102 valence electrons. The molecule has 0 unspecified atom stereocenters. The van der Waals surface area contributed by atoms with Crippen molar-refractivity contribution >= 4 is 16.7 Å². The van der Waals surface area contributed by atoms with Crippen molar-refractivity contribution in [1.82, 2.24) is 19.7 Å². The van der Waals surface area contributed by atoms with Crippen molar-refractivity contribution in [3.63, 3.8) is 0 Å². The van der Waals surface area contributed by atoms with Gasteiger partial charge in [0.05, 0.1) is 40.9 Å². The molecule has 5 nitrogen and oxygen atoms in total. The summed E-state index contributed by atoms with van der Waals surface area (Å²) in [4.78, 5) is 9.02. The van der Waals surface area contributed by atoms with E-state index in [1.165, 1.54) is 0 Å². The molecule has 0 aliphatic rings. The van der Waals surface area contributed by atoms with Crippen LogP contribution < -0.4 is 5.32 Å². The minimum absolute atomic E-state index is 0.649. The Balaban J connectivity index is 1.79. The molecule has 2 aromatic heterocycles. The van der Waals surface area contributed by atoms with Crippen molar-refractivity contribution in [2.24, 2.45) is 7.05 Å². The second-order valence-corrected chi connectivity index (χ2v) is 4.72. The number of nitrogens with zero attached hydrogens (tertiary/aromatic N) is 4. The van der Waals surface area contributed by atoms with Gasteiger partial charge < -0.3 is 5.32 Å². The van der Waals surface area contributed by atoms with Crippen molar-refractivity contribution in [1.29, 1.82) is 0 Å². The lowest BCUT2D eigenvalue weighted by Gasteiger charge is -2.05. The van der Waals surface area contributed by atoms with Gasteiger partial charge in [0.15, 0.2) is 0 Å². The van der Waals surface area contributed by atoms with Crippen LogP contribution in [0.2, 0.25) is 0 Å². The maximum absolute atomic E-state index is 4.60. The van der Waals surface area contributed by atoms with Crippen molar-refractivity contribution in [3.8, 4) is 0 Å². The van der Waals surface area contributed by atoms with E-state index in [1.54, 1.807) is 0 Å². The zero-order chi connectivity index (χ0) is 13.9. The molecule has 0 amide bonds. The van der Waals surface area contributed by atoms with Gasteiger partial charge in [-0.25, -0.2) is 4.98 Å². The van der Waals surface area contributed by atoms with Gasteiger partial charge in [-0.05, 0) is 18.6 Å². The second-order valence-electron chi connectivity index (χ2n) is 4.72. The molecule has 0 saturated heterocycles. The first-order valence-electron chi connectivity index (χ1n) is 6.73. The second kappa shape index (κ2) is 5.28. The summed E-state index contributed by atoms with van der Waals surface area (Å²) in [7, 11) is 1.93. The lowest BCUT2D eigenvalue weighted by molar-refractivity contribution is 0.746. The molecule has 0 spiro atoms. The van der Waals surface area contributed by atoms with Gasteiger partial charge in [0.25, 0.3) is 0 Å². The molecule has 0 atom stereocenters. The molecule has 0 radical (unpaired) electrons. The zero-order valence-electron chi connectivity index (χ0n) is 11.7. The fraction of sp³-hybridized carbons (Fsp3) is 0.267. The molecule has 1 N–H and O–H groups in total. The lowest BCUT2D eigenvalue weighted by atomic mass is 10.3. The molecule has 5 heteroatoms. The van der Waals surface area contributed by atoms with Crippen molar-refractivity contribution in [2.75, 3.05) is 5.32 Å². The maximum atomic E-state index is 4.60. The summed E-state index contributed by atoms with van der Waals surface area (Å²) in [6, 6.07) is 7.89. The third-order valence-corrected chi connectivity index (χ3v) is 3.20. The SMILES string of the molecule is CCc1nn(C)cc1NCc1cnc2ccccc2n1. The smallest absolute Gasteiger partial charge is 0.0890 e. The number of hydrogen-bond acceptors (Lipinski definition) is 4. The van der Waals surface area contributed by atoms with E-state index in [0.717, 1.165) is 34.5 Å². The Labute approximate surface area is 117 Å². The molecule has 3 rings (SSSR count). The Morgan fingerprint density at radius 3 is 2.80 bits per heavy atom. The highest BCUT2D eigenvalue weighted by Gasteiger charge is 2.06. The Morgan fingerprint density at radius 1 is 1.20 bits per heavy atom. The number of benzene rings is 1. The van der Waals surface area contributed by atoms with Crippen LogP contribution in [0, 0.1) is 0 Å². The summed E-state index contributed by atoms with van der Waals surface area (Å²) in [5.41, 5.74) is 4.90. The minimum Gasteiger partial charge on any atom is -0.377 e. The molecule has 3 aromatic rings. The zero-order valence-corrected chi connectivity index (χ0v) is 11.7. The summed E-state index contributed by atoms with van der Waals surface area (Å²) < 4.78 is 1.83. The first-order valence-corrected chi connectivity index (χ1v) is 6.73. The van der Waals surface area contributed by atoms with E-state index in [1.807, 2.05) is 48.4 Å². The van der Waals surface area contributed by atoms with Gasteiger partial charge in [0.1, 0.15) is 0 Å². The number of rotatable bonds is 4. The predicted molar refractivity (Wildman–Crippen MR) is 79.5 cm³/mol. The normalized spacial score (nSPS) is 10.9. The van der Waals surface area contributed by atoms with Crippen LogP contribution in [-0.4, -0.2) is 19.7 Å². The van der Waals surface area contributed by atoms with Crippen LogP contribution in [0.3, 0.4) is 0 Å². The van der Waals surface area contributed by atoms with Crippen molar-refractivity contribution in [3.05, 3.63) is 48.0 Å². The minimum atomic E-state index is 0.649. The van der Waals surface area contributed by atoms with Gasteiger partial charge in [0, 0.05) is 13.2 Å². The van der Waals surface area contributed by atoms with Crippen molar-refractivity contribution in [2.45, 2.75) is 19.9 Å². The standard InChI is InChI=1S/C15H17N5/c1-3-12-15(10-20(2)19-12)17-9-11-8-16-13-6-4-5-7-14(13)18-11/h4-8,10,17H,3,9H2,1-2H3. The lowest BCUT2D eigenvalue weighted by Crippen LogP contribution is -2.03. The highest BCUT2D eigenvalue weighted by Crippen LogP contribution is 2.15. The van der Waals surface area contributed by atoms with E-state index in [4.69, 9.17) is 0 Å². The summed E-state index contributed by atoms with van der Waals surface area (Å²) in [5.74, 6) is 0. The van der Waals surface area contributed by atoms with E-state index in [9.17, 15) is 0 Å². The molecule has 0 fully saturated rings. The van der Waals surface area contributed by atoms with Crippen LogP contribution in [0.4, 0.5) is 5.69 Å². The molecule has 0 aliphatic heterocycles. The Bertz CT molecular complexity index is 732. The summed E-state index contributed by atoms with van der Waals surface area (Å²) >= 11 is 0. The first-order chi connectivity index (χ1) is 9.76. The average Bonchev–Trinajstić information content (AvgIpc) is 2.85. The van der Waals surface area contributed by atoms with Gasteiger partial charge in [0.2, 0.25) is 0 Å². The van der Waals surface area contributed by atoms with E-state index in [-0.39, 0.29) is 0 Å². The van der Waals surface area contributed by atoms with Gasteiger partial charge in [-0.1, -0.05) is 19.1 Å². The molecular weight excluding hydrogens is 250 g/mol. The molecule has 1 aromatic carbocycles. The molecule has 0 bridgehead atoms. The molecule has 20 heavy (non-hydrogen) atoms. The molecule has 0 aliphatic carbocycles. The molecule has 2 heterocycles. The van der Waals surface area contributed by atoms with E-state index in [2.05, 4.69) is 27.3 Å². The third-order valence-electron chi connectivity index (χ3n) is 3.20. The van der Waals surface area contributed by atoms with Crippen LogP contribution >= 0.6 is 0 Å². The average molecular weight is 267 g/mol. The highest BCUT2D eigenvalue weighted by molar-refractivity contribution is 5.73. The summed E-state index contributed by atoms with van der Waals surface area (Å²) in [5, 5.41) is 7.79. The Kier molecular flexibility index (Phi) is 3.33. The number of para-hydroxylation sites is 2. The van der Waals surface area contributed by atoms with Crippen LogP contribution in [0.1, 0.15) is 18.3 Å². The number of aromatic nitrogens is 4. The number of aryl methyl sites for hydroxylation is 2. The van der Waals surface area contributed by atoms with Gasteiger partial charge in [-0.2, -0.15) is 5.10 Å². The number of fused-ring (bicyclic) bond motifs is 1. The fourth-order valence-corrected chi connectivity index (χ4v) is 2.21. The van der Waals surface area contributed by atoms with Gasteiger partial charge >= 0.3 is 0 Å². The molecular formula is C15H17N5. The fourth-order valence-electron chi connectivity index (χ4n) is 2.21. The third kappa shape index (κ3) is 2.47. The Hall–Kier alpha value is -2.43. The van der Waals surface area contributed by atoms with E-state index < -0.39 is 0 Å². The van der Waals surface area contributed by atoms with Gasteiger partial charge in [-0.15, -0.1) is 0 Å². The van der Waals surface area contributed by atoms with E-state index >= 15 is 0 Å². The summed E-state index contributed by atoms with van der Waals surface area (Å²) in [6.45, 7) is 2.75. The van der Waals surface area contributed by atoms with Crippen LogP contribution in [-0.2, 0) is 20.0 Å². The topological polar surface area (TPSA) is 55.6 Å². The van der Waals surface area contributed by atoms with Crippen LogP contribution in [0.5, 0.6) is 0 Å². The molecule has 0 saturated carbocycles. The highest BCUT2D eigenvalue weighted by atomic mass is 15.3. The summed E-state index contributed by atoms with van der Waals surface area (Å²) in [6.07, 6.45) is 4.72. The van der Waals surface area contributed by atoms with Crippen LogP contribution in [0.15, 0.2) is 36.7 Å².